The third-order valence-corrected chi connectivity index (χ3v) is 3.14. The first-order valence-electron chi connectivity index (χ1n) is 7.27. The van der Waals surface area contributed by atoms with Crippen LogP contribution in [-0.4, -0.2) is 37.6 Å². The normalized spacial score (nSPS) is 10.9. The number of anilines is 1. The maximum atomic E-state index is 9.72. The fraction of sp³-hybridized carbons (Fsp3) is 0. The van der Waals surface area contributed by atoms with Gasteiger partial charge in [0.15, 0.2) is 0 Å². The summed E-state index contributed by atoms with van der Waals surface area (Å²) in [7, 11) is 0. The molecule has 26 heavy (non-hydrogen) atoms. The summed E-state index contributed by atoms with van der Waals surface area (Å²) in [5.41, 5.74) is 6.68. The monoisotopic (exact) mass is 397 g/mol. The first-order valence-corrected chi connectivity index (χ1v) is 7.27. The second-order valence-corrected chi connectivity index (χ2v) is 4.93. The van der Waals surface area contributed by atoms with Gasteiger partial charge < -0.3 is 15.9 Å². The molecule has 8 nitrogen and oxygen atoms in total. The molecule has 0 bridgehead atoms. The molecule has 0 fully saturated rings. The first kappa shape index (κ1) is 19.0. The molecule has 0 aliphatic heterocycles. The van der Waals surface area contributed by atoms with Crippen LogP contribution in [0.15, 0.2) is 58.5 Å². The number of nitrogen functional groups attached to an aromatic ring is 1. The number of aromatic hydroxyl groups is 2. The third-order valence-electron chi connectivity index (χ3n) is 3.14. The average molecular weight is 398 g/mol. The van der Waals surface area contributed by atoms with E-state index in [0.29, 0.717) is 11.1 Å². The van der Waals surface area contributed by atoms with E-state index in [0.717, 1.165) is 0 Å². The molecule has 3 aromatic rings. The van der Waals surface area contributed by atoms with Crippen LogP contribution >= 0.6 is 0 Å². The molecule has 1 aromatic heterocycles. The number of phenolic OH excluding ortho intramolecular Hbond substituents is 2. The van der Waals surface area contributed by atoms with Crippen molar-refractivity contribution in [3.8, 4) is 11.5 Å². The summed E-state index contributed by atoms with van der Waals surface area (Å²) in [4.78, 5) is 20.0. The van der Waals surface area contributed by atoms with Crippen molar-refractivity contribution in [2.75, 3.05) is 5.73 Å². The largest absolute Gasteiger partial charge is 0.507 e. The Morgan fingerprint density at radius 1 is 0.731 bits per heavy atom. The molecule has 135 valence electrons. The Kier molecular flexibility index (Phi) is 6.37. The van der Waals surface area contributed by atoms with Gasteiger partial charge in [-0.15, -0.1) is 0 Å². The summed E-state index contributed by atoms with van der Waals surface area (Å²) in [6.45, 7) is 0. The smallest absolute Gasteiger partial charge is 0.256 e. The summed E-state index contributed by atoms with van der Waals surface area (Å²) < 4.78 is 0. The number of nitrogens with two attached hydrogens (primary N) is 1. The van der Waals surface area contributed by atoms with Crippen LogP contribution in [0, 0.1) is 0 Å². The Labute approximate surface area is 159 Å². The Morgan fingerprint density at radius 3 is 1.58 bits per heavy atom. The van der Waals surface area contributed by atoms with E-state index in [2.05, 4.69) is 24.9 Å². The van der Waals surface area contributed by atoms with Crippen LogP contribution in [0.3, 0.4) is 0 Å². The number of phenols is 2. The van der Waals surface area contributed by atoms with Crippen LogP contribution in [0.4, 0.5) is 17.8 Å². The van der Waals surface area contributed by atoms with Crippen molar-refractivity contribution in [2.24, 2.45) is 9.98 Å². The topological polar surface area (TPSA) is 130 Å². The number of hydrogen-bond donors (Lipinski definition) is 3. The summed E-state index contributed by atoms with van der Waals surface area (Å²) in [6, 6.07) is 13.4. The van der Waals surface area contributed by atoms with Gasteiger partial charge in [0.05, 0.1) is 0 Å². The molecular formula is C17H14CuN6O2. The number of nitrogens with zero attached hydrogens (tertiary/aromatic N) is 5. The molecule has 1 radical (unpaired) electrons. The van der Waals surface area contributed by atoms with Crippen LogP contribution in [0.5, 0.6) is 11.5 Å². The molecule has 0 aliphatic carbocycles. The molecule has 0 spiro atoms. The Bertz CT molecular complexity index is 888. The van der Waals surface area contributed by atoms with Gasteiger partial charge >= 0.3 is 0 Å². The molecule has 0 amide bonds. The predicted molar refractivity (Wildman–Crippen MR) is 95.0 cm³/mol. The van der Waals surface area contributed by atoms with Crippen LogP contribution in [0.1, 0.15) is 11.1 Å². The van der Waals surface area contributed by atoms with Gasteiger partial charge in [-0.05, 0) is 24.3 Å². The van der Waals surface area contributed by atoms with Crippen LogP contribution in [-0.2, 0) is 17.1 Å². The Morgan fingerprint density at radius 2 is 1.15 bits per heavy atom. The van der Waals surface area contributed by atoms with Crippen LogP contribution in [0.2, 0.25) is 0 Å². The van der Waals surface area contributed by atoms with Gasteiger partial charge in [0, 0.05) is 40.6 Å². The minimum atomic E-state index is -0.0381. The standard InChI is InChI=1S/C17H14N6O2.Cu/c18-15-21-16(19-9-11-5-1-3-7-13(11)24)23-17(22-15)20-10-12-6-2-4-8-14(12)25;/h1-10,24-25H,(H2,18,21,22,23);/b19-9+,20-10+;. The van der Waals surface area contributed by atoms with E-state index in [4.69, 9.17) is 5.73 Å². The maximum Gasteiger partial charge on any atom is 0.256 e. The van der Waals surface area contributed by atoms with Gasteiger partial charge in [-0.3, -0.25) is 0 Å². The molecule has 0 aliphatic rings. The van der Waals surface area contributed by atoms with E-state index in [-0.39, 0.29) is 46.4 Å². The quantitative estimate of drug-likeness (QED) is 0.457. The number of hydrogen-bond acceptors (Lipinski definition) is 8. The van der Waals surface area contributed by atoms with Gasteiger partial charge in [-0.1, -0.05) is 24.3 Å². The summed E-state index contributed by atoms with van der Waals surface area (Å²) >= 11 is 0. The number of aromatic nitrogens is 3. The fourth-order valence-electron chi connectivity index (χ4n) is 1.93. The van der Waals surface area contributed by atoms with Gasteiger partial charge in [-0.2, -0.15) is 15.0 Å². The Balaban J connectivity index is 0.00000243. The first-order chi connectivity index (χ1) is 12.1. The molecule has 2 aromatic carbocycles. The van der Waals surface area contributed by atoms with Crippen molar-refractivity contribution < 1.29 is 27.3 Å². The minimum Gasteiger partial charge on any atom is -0.507 e. The zero-order chi connectivity index (χ0) is 17.6. The van der Waals surface area contributed by atoms with E-state index in [1.165, 1.54) is 12.4 Å². The van der Waals surface area contributed by atoms with Gasteiger partial charge in [0.1, 0.15) is 11.5 Å². The van der Waals surface area contributed by atoms with Crippen molar-refractivity contribution in [1.29, 1.82) is 0 Å². The molecule has 3 rings (SSSR count). The SMILES string of the molecule is Nc1nc(/N=C/c2ccccc2O)nc(/N=C/c2ccccc2O)n1.[Cu]. The van der Waals surface area contributed by atoms with E-state index >= 15 is 0 Å². The van der Waals surface area contributed by atoms with Crippen molar-refractivity contribution in [3.05, 3.63) is 59.7 Å². The Hall–Kier alpha value is -3.29. The molecule has 0 saturated carbocycles. The van der Waals surface area contributed by atoms with E-state index < -0.39 is 0 Å². The van der Waals surface area contributed by atoms with Crippen molar-refractivity contribution in [3.63, 3.8) is 0 Å². The van der Waals surface area contributed by atoms with Crippen LogP contribution in [0.25, 0.3) is 0 Å². The van der Waals surface area contributed by atoms with Crippen molar-refractivity contribution in [1.82, 2.24) is 15.0 Å². The van der Waals surface area contributed by atoms with Crippen molar-refractivity contribution >= 4 is 30.3 Å². The van der Waals surface area contributed by atoms with E-state index in [1.54, 1.807) is 48.5 Å². The number of rotatable bonds is 4. The van der Waals surface area contributed by atoms with Gasteiger partial charge in [0.25, 0.3) is 11.9 Å². The number of benzene rings is 2. The van der Waals surface area contributed by atoms with E-state index in [9.17, 15) is 10.2 Å². The molecule has 9 heteroatoms. The summed E-state index contributed by atoms with van der Waals surface area (Å²) in [5.74, 6) is 0.251. The molecule has 1 heterocycles. The number of aliphatic imine (C=N–C) groups is 2. The molecular weight excluding hydrogens is 384 g/mol. The van der Waals surface area contributed by atoms with E-state index in [1.807, 2.05) is 0 Å². The predicted octanol–water partition coefficient (Wildman–Crippen LogP) is 2.36. The summed E-state index contributed by atoms with van der Waals surface area (Å²) in [5, 5.41) is 19.4. The minimum absolute atomic E-state index is 0. The molecule has 0 unspecified atom stereocenters. The molecule has 4 N–H and O–H groups in total. The summed E-state index contributed by atoms with van der Waals surface area (Å²) in [6.07, 6.45) is 2.83. The molecule has 0 atom stereocenters. The second-order valence-electron chi connectivity index (χ2n) is 4.93. The van der Waals surface area contributed by atoms with Gasteiger partial charge in [0.2, 0.25) is 5.95 Å². The zero-order valence-electron chi connectivity index (χ0n) is 13.3. The molecule has 0 saturated heterocycles. The van der Waals surface area contributed by atoms with Crippen LogP contribution < -0.4 is 5.73 Å². The fourth-order valence-corrected chi connectivity index (χ4v) is 1.93. The third kappa shape index (κ3) is 4.85. The average Bonchev–Trinajstić information content (AvgIpc) is 2.60. The number of para-hydroxylation sites is 2. The second kappa shape index (κ2) is 8.70. The maximum absolute atomic E-state index is 9.72. The van der Waals surface area contributed by atoms with Crippen molar-refractivity contribution in [2.45, 2.75) is 0 Å². The van der Waals surface area contributed by atoms with Gasteiger partial charge in [-0.25, -0.2) is 9.98 Å². The zero-order valence-corrected chi connectivity index (χ0v) is 14.2.